The Hall–Kier alpha value is -2.05. The first-order valence-electron chi connectivity index (χ1n) is 5.54. The van der Waals surface area contributed by atoms with E-state index in [0.29, 0.717) is 5.69 Å². The number of pyridine rings is 1. The molecule has 2 N–H and O–H groups in total. The van der Waals surface area contributed by atoms with Crippen molar-refractivity contribution in [2.75, 3.05) is 5.32 Å². The van der Waals surface area contributed by atoms with Crippen LogP contribution in [0.25, 0.3) is 0 Å². The van der Waals surface area contributed by atoms with Gasteiger partial charge in [-0.2, -0.15) is 0 Å². The Morgan fingerprint density at radius 3 is 2.80 bits per heavy atom. The van der Waals surface area contributed by atoms with Gasteiger partial charge in [-0.3, -0.25) is 10.1 Å². The van der Waals surface area contributed by atoms with Crippen LogP contribution in [0.3, 0.4) is 0 Å². The van der Waals surface area contributed by atoms with Crippen LogP contribution in [0.2, 0.25) is 5.15 Å². The summed E-state index contributed by atoms with van der Waals surface area (Å²) in [6.07, 6.45) is 1.53. The number of rotatable bonds is 2. The highest BCUT2D eigenvalue weighted by Crippen LogP contribution is 2.17. The zero-order chi connectivity index (χ0) is 14.5. The van der Waals surface area contributed by atoms with Gasteiger partial charge in [0, 0.05) is 11.8 Å². The Bertz CT molecular complexity index is 666. The summed E-state index contributed by atoms with van der Waals surface area (Å²) in [5, 5.41) is 5.45. The van der Waals surface area contributed by atoms with Gasteiger partial charge in [-0.1, -0.05) is 17.7 Å². The van der Waals surface area contributed by atoms with Gasteiger partial charge < -0.3 is 5.32 Å². The summed E-state index contributed by atoms with van der Waals surface area (Å²) in [7, 11) is 0. The Balaban J connectivity index is 2.02. The van der Waals surface area contributed by atoms with Gasteiger partial charge in [-0.25, -0.2) is 9.37 Å². The highest BCUT2D eigenvalue weighted by Gasteiger charge is 2.09. The minimum atomic E-state index is -0.512. The fourth-order valence-corrected chi connectivity index (χ4v) is 1.81. The van der Waals surface area contributed by atoms with Crippen molar-refractivity contribution in [1.29, 1.82) is 0 Å². The molecule has 2 rings (SSSR count). The molecule has 0 radical (unpaired) electrons. The molecule has 0 aliphatic carbocycles. The lowest BCUT2D eigenvalue weighted by Crippen LogP contribution is -2.34. The topological polar surface area (TPSA) is 54.0 Å². The number of carbonyl (C=O) groups excluding carboxylic acids is 1. The van der Waals surface area contributed by atoms with E-state index in [-0.39, 0.29) is 15.8 Å². The molecule has 0 atom stereocenters. The molecule has 0 spiro atoms. The lowest BCUT2D eigenvalue weighted by atomic mass is 10.2. The molecule has 0 saturated carbocycles. The second kappa shape index (κ2) is 6.40. The first-order valence-corrected chi connectivity index (χ1v) is 6.33. The van der Waals surface area contributed by atoms with E-state index in [9.17, 15) is 9.18 Å². The van der Waals surface area contributed by atoms with Crippen molar-refractivity contribution in [3.63, 3.8) is 0 Å². The van der Waals surface area contributed by atoms with Crippen molar-refractivity contribution in [3.05, 3.63) is 59.1 Å². The van der Waals surface area contributed by atoms with E-state index in [1.165, 1.54) is 24.4 Å². The molecule has 0 saturated heterocycles. The average Bonchev–Trinajstić information content (AvgIpc) is 2.41. The van der Waals surface area contributed by atoms with Crippen molar-refractivity contribution in [1.82, 2.24) is 10.3 Å². The Morgan fingerprint density at radius 2 is 2.10 bits per heavy atom. The normalized spacial score (nSPS) is 9.90. The molecule has 0 fully saturated rings. The highest BCUT2D eigenvalue weighted by molar-refractivity contribution is 7.80. The predicted octanol–water partition coefficient (Wildman–Crippen LogP) is 3.00. The number of carbonyl (C=O) groups is 1. The van der Waals surface area contributed by atoms with E-state index in [1.54, 1.807) is 12.1 Å². The summed E-state index contributed by atoms with van der Waals surface area (Å²) in [5.41, 5.74) is 0.644. The van der Waals surface area contributed by atoms with E-state index in [0.717, 1.165) is 6.07 Å². The number of anilines is 1. The maximum Gasteiger partial charge on any atom is 0.257 e. The lowest BCUT2D eigenvalue weighted by Gasteiger charge is -2.10. The number of halogens is 2. The monoisotopic (exact) mass is 309 g/mol. The maximum absolute atomic E-state index is 13.0. The number of hydrogen-bond acceptors (Lipinski definition) is 3. The largest absolute Gasteiger partial charge is 0.330 e. The minimum Gasteiger partial charge on any atom is -0.330 e. The third kappa shape index (κ3) is 3.72. The molecule has 2 aromatic rings. The van der Waals surface area contributed by atoms with Crippen molar-refractivity contribution in [2.45, 2.75) is 0 Å². The van der Waals surface area contributed by atoms with Crippen LogP contribution in [0.4, 0.5) is 10.1 Å². The van der Waals surface area contributed by atoms with Gasteiger partial charge >= 0.3 is 0 Å². The van der Waals surface area contributed by atoms with Gasteiger partial charge in [0.25, 0.3) is 5.91 Å². The van der Waals surface area contributed by atoms with Gasteiger partial charge in [-0.15, -0.1) is 0 Å². The summed E-state index contributed by atoms with van der Waals surface area (Å²) in [4.78, 5) is 15.7. The SMILES string of the molecule is O=C(NC(=S)Nc1cccnc1Cl)c1cccc(F)c1. The third-order valence-corrected chi connectivity index (χ3v) is 2.83. The summed E-state index contributed by atoms with van der Waals surface area (Å²) in [5.74, 6) is -1.01. The van der Waals surface area contributed by atoms with Gasteiger partial charge in [0.15, 0.2) is 10.3 Å². The van der Waals surface area contributed by atoms with E-state index < -0.39 is 11.7 Å². The molecule has 1 aromatic heterocycles. The number of amides is 1. The molecule has 0 bridgehead atoms. The van der Waals surface area contributed by atoms with Crippen molar-refractivity contribution >= 4 is 40.5 Å². The fraction of sp³-hybridized carbons (Fsp3) is 0. The van der Waals surface area contributed by atoms with Crippen molar-refractivity contribution in [2.24, 2.45) is 0 Å². The van der Waals surface area contributed by atoms with Crippen molar-refractivity contribution < 1.29 is 9.18 Å². The summed E-state index contributed by atoms with van der Waals surface area (Å²) >= 11 is 10.8. The Kier molecular flexibility index (Phi) is 4.60. The van der Waals surface area contributed by atoms with E-state index in [1.807, 2.05) is 0 Å². The van der Waals surface area contributed by atoms with Crippen LogP contribution < -0.4 is 10.6 Å². The number of hydrogen-bond donors (Lipinski definition) is 2. The molecule has 0 aliphatic rings. The van der Waals surface area contributed by atoms with Crippen LogP contribution in [0.5, 0.6) is 0 Å². The smallest absolute Gasteiger partial charge is 0.257 e. The summed E-state index contributed by atoms with van der Waals surface area (Å²) in [6, 6.07) is 8.63. The van der Waals surface area contributed by atoms with Crippen LogP contribution in [0, 0.1) is 5.82 Å². The quantitative estimate of drug-likeness (QED) is 0.661. The van der Waals surface area contributed by atoms with E-state index in [2.05, 4.69) is 15.6 Å². The third-order valence-electron chi connectivity index (χ3n) is 2.32. The zero-order valence-corrected chi connectivity index (χ0v) is 11.6. The minimum absolute atomic E-state index is 0.0501. The van der Waals surface area contributed by atoms with Crippen molar-refractivity contribution in [3.8, 4) is 0 Å². The van der Waals surface area contributed by atoms with Gasteiger partial charge in [0.2, 0.25) is 0 Å². The Morgan fingerprint density at radius 1 is 1.30 bits per heavy atom. The molecule has 102 valence electrons. The van der Waals surface area contributed by atoms with E-state index in [4.69, 9.17) is 23.8 Å². The molecule has 0 aliphatic heterocycles. The molecule has 1 heterocycles. The molecule has 1 amide bonds. The second-order valence-electron chi connectivity index (χ2n) is 3.76. The van der Waals surface area contributed by atoms with Crippen LogP contribution >= 0.6 is 23.8 Å². The first kappa shape index (κ1) is 14.4. The number of nitrogens with zero attached hydrogens (tertiary/aromatic N) is 1. The fourth-order valence-electron chi connectivity index (χ4n) is 1.44. The number of aromatic nitrogens is 1. The zero-order valence-electron chi connectivity index (χ0n) is 10.1. The van der Waals surface area contributed by atoms with Crippen LogP contribution in [-0.2, 0) is 0 Å². The molecule has 7 heteroatoms. The van der Waals surface area contributed by atoms with Crippen LogP contribution in [-0.4, -0.2) is 16.0 Å². The summed E-state index contributed by atoms with van der Waals surface area (Å²) < 4.78 is 13.0. The molecule has 4 nitrogen and oxygen atoms in total. The second-order valence-corrected chi connectivity index (χ2v) is 4.53. The molecular formula is C13H9ClFN3OS. The molecule has 20 heavy (non-hydrogen) atoms. The summed E-state index contributed by atoms with van der Waals surface area (Å²) in [6.45, 7) is 0. The van der Waals surface area contributed by atoms with Crippen LogP contribution in [0.1, 0.15) is 10.4 Å². The number of thiocarbonyl (C=S) groups is 1. The molecule has 0 unspecified atom stereocenters. The van der Waals surface area contributed by atoms with Gasteiger partial charge in [-0.05, 0) is 42.5 Å². The highest BCUT2D eigenvalue weighted by atomic mass is 35.5. The van der Waals surface area contributed by atoms with Gasteiger partial charge in [0.05, 0.1) is 5.69 Å². The number of benzene rings is 1. The first-order chi connectivity index (χ1) is 9.56. The molecule has 1 aromatic carbocycles. The number of nitrogens with one attached hydrogen (secondary N) is 2. The van der Waals surface area contributed by atoms with E-state index >= 15 is 0 Å². The predicted molar refractivity (Wildman–Crippen MR) is 79.3 cm³/mol. The lowest BCUT2D eigenvalue weighted by molar-refractivity contribution is 0.0977. The maximum atomic E-state index is 13.0. The standard InChI is InChI=1S/C13H9ClFN3OS/c14-11-10(5-2-6-16-11)17-13(20)18-12(19)8-3-1-4-9(15)7-8/h1-7H,(H2,17,18,19,20). The van der Waals surface area contributed by atoms with Gasteiger partial charge in [0.1, 0.15) is 5.82 Å². The average molecular weight is 310 g/mol. The Labute approximate surface area is 125 Å². The molecular weight excluding hydrogens is 301 g/mol. The van der Waals surface area contributed by atoms with Crippen LogP contribution in [0.15, 0.2) is 42.6 Å².